The van der Waals surface area contributed by atoms with Crippen molar-refractivity contribution in [2.45, 2.75) is 12.8 Å². The van der Waals surface area contributed by atoms with Crippen LogP contribution < -0.4 is 14.9 Å². The van der Waals surface area contributed by atoms with E-state index in [1.807, 2.05) is 30.3 Å². The molecule has 4 nitrogen and oxygen atoms in total. The largest absolute Gasteiger partial charge is 0.493 e. The van der Waals surface area contributed by atoms with Crippen LogP contribution in [0.1, 0.15) is 16.7 Å². The maximum absolute atomic E-state index is 12.8. The van der Waals surface area contributed by atoms with Crippen LogP contribution in [0.3, 0.4) is 0 Å². The maximum Gasteiger partial charge on any atom is 0.416 e. The summed E-state index contributed by atoms with van der Waals surface area (Å²) in [6, 6.07) is 18.0. The lowest BCUT2D eigenvalue weighted by Gasteiger charge is -2.13. The van der Waals surface area contributed by atoms with E-state index < -0.39 is 11.7 Å². The molecule has 0 aliphatic heterocycles. The number of alkyl halides is 3. The van der Waals surface area contributed by atoms with Crippen molar-refractivity contribution in [3.63, 3.8) is 0 Å². The second-order valence-electron chi connectivity index (χ2n) is 6.26. The summed E-state index contributed by atoms with van der Waals surface area (Å²) in [5, 5.41) is 4.02. The molecule has 0 amide bonds. The predicted octanol–water partition coefficient (Wildman–Crippen LogP) is 6.50. The number of halogens is 4. The third-order valence-electron chi connectivity index (χ3n) is 4.07. The summed E-state index contributed by atoms with van der Waals surface area (Å²) in [6.45, 7) is 0.375. The fourth-order valence-electron chi connectivity index (χ4n) is 2.63. The van der Waals surface area contributed by atoms with E-state index >= 15 is 0 Å². The molecule has 0 aliphatic rings. The molecular weight excluding hydrogens is 461 g/mol. The lowest BCUT2D eigenvalue weighted by Crippen LogP contribution is -2.05. The molecule has 30 heavy (non-hydrogen) atoms. The highest BCUT2D eigenvalue weighted by molar-refractivity contribution is 9.10. The first-order valence-electron chi connectivity index (χ1n) is 8.87. The molecule has 8 heteroatoms. The van der Waals surface area contributed by atoms with Gasteiger partial charge < -0.3 is 9.47 Å². The van der Waals surface area contributed by atoms with E-state index in [9.17, 15) is 13.2 Å². The van der Waals surface area contributed by atoms with E-state index in [2.05, 4.69) is 26.5 Å². The van der Waals surface area contributed by atoms with E-state index in [0.717, 1.165) is 17.7 Å². The molecule has 0 aliphatic carbocycles. The lowest BCUT2D eigenvalue weighted by atomic mass is 10.2. The van der Waals surface area contributed by atoms with Crippen LogP contribution in [0.25, 0.3) is 0 Å². The van der Waals surface area contributed by atoms with Crippen molar-refractivity contribution < 1.29 is 22.6 Å². The van der Waals surface area contributed by atoms with Crippen molar-refractivity contribution >= 4 is 27.8 Å². The third-order valence-corrected chi connectivity index (χ3v) is 4.66. The second-order valence-corrected chi connectivity index (χ2v) is 7.11. The average molecular weight is 479 g/mol. The van der Waals surface area contributed by atoms with E-state index in [1.54, 1.807) is 12.1 Å². The third kappa shape index (κ3) is 5.76. The van der Waals surface area contributed by atoms with E-state index in [0.29, 0.717) is 28.1 Å². The highest BCUT2D eigenvalue weighted by atomic mass is 79.9. The minimum atomic E-state index is -4.41. The standard InChI is InChI=1S/C22H18BrF3N2O2/c1-29-20-11-16(10-19(23)21(20)30-14-15-6-3-2-4-7-15)13-27-28-18-9-5-8-17(12-18)22(24,25)26/h2-13,28H,14H2,1H3/b27-13+. The summed E-state index contributed by atoms with van der Waals surface area (Å²) in [6.07, 6.45) is -2.93. The molecule has 0 saturated carbocycles. The van der Waals surface area contributed by atoms with Gasteiger partial charge in [-0.25, -0.2) is 0 Å². The van der Waals surface area contributed by atoms with Crippen LogP contribution in [-0.2, 0) is 12.8 Å². The number of methoxy groups -OCH3 is 1. The van der Waals surface area contributed by atoms with Crippen LogP contribution in [0.15, 0.2) is 76.3 Å². The molecule has 1 N–H and O–H groups in total. The number of rotatable bonds is 7. The number of nitrogens with one attached hydrogen (secondary N) is 1. The van der Waals surface area contributed by atoms with Crippen molar-refractivity contribution in [1.29, 1.82) is 0 Å². The average Bonchev–Trinajstić information content (AvgIpc) is 2.73. The first kappa shape index (κ1) is 21.7. The topological polar surface area (TPSA) is 42.8 Å². The summed E-state index contributed by atoms with van der Waals surface area (Å²) in [7, 11) is 1.53. The molecule has 156 valence electrons. The number of nitrogens with zero attached hydrogens (tertiary/aromatic N) is 1. The zero-order chi connectivity index (χ0) is 21.6. The molecule has 0 bridgehead atoms. The molecule has 0 spiro atoms. The maximum atomic E-state index is 12.8. The summed E-state index contributed by atoms with van der Waals surface area (Å²) in [5.41, 5.74) is 3.78. The van der Waals surface area contributed by atoms with E-state index in [1.165, 1.54) is 25.5 Å². The van der Waals surface area contributed by atoms with Crippen LogP contribution >= 0.6 is 15.9 Å². The van der Waals surface area contributed by atoms with Gasteiger partial charge in [0.05, 0.1) is 29.0 Å². The molecule has 0 fully saturated rings. The van der Waals surface area contributed by atoms with Crippen LogP contribution in [0, 0.1) is 0 Å². The number of hydrazone groups is 1. The smallest absolute Gasteiger partial charge is 0.416 e. The van der Waals surface area contributed by atoms with Gasteiger partial charge in [-0.05, 0) is 57.4 Å². The van der Waals surface area contributed by atoms with Gasteiger partial charge in [-0.2, -0.15) is 18.3 Å². The van der Waals surface area contributed by atoms with Gasteiger partial charge in [0.25, 0.3) is 0 Å². The number of anilines is 1. The Morgan fingerprint density at radius 2 is 1.80 bits per heavy atom. The quantitative estimate of drug-likeness (QED) is 0.311. The Morgan fingerprint density at radius 1 is 1.03 bits per heavy atom. The highest BCUT2D eigenvalue weighted by Crippen LogP contribution is 2.37. The molecular formula is C22H18BrF3N2O2. The molecule has 0 unspecified atom stereocenters. The van der Waals surface area contributed by atoms with Crippen molar-refractivity contribution in [3.8, 4) is 11.5 Å². The van der Waals surface area contributed by atoms with Gasteiger partial charge in [-0.1, -0.05) is 36.4 Å². The van der Waals surface area contributed by atoms with Crippen molar-refractivity contribution in [3.05, 3.63) is 87.9 Å². The van der Waals surface area contributed by atoms with Gasteiger partial charge in [-0.15, -0.1) is 0 Å². The summed E-state index contributed by atoms with van der Waals surface area (Å²) in [4.78, 5) is 0. The van der Waals surface area contributed by atoms with Crippen LogP contribution in [-0.4, -0.2) is 13.3 Å². The summed E-state index contributed by atoms with van der Waals surface area (Å²) in [5.74, 6) is 1.05. The van der Waals surface area contributed by atoms with Gasteiger partial charge in [0, 0.05) is 0 Å². The Bertz CT molecular complexity index is 1020. The predicted molar refractivity (Wildman–Crippen MR) is 114 cm³/mol. The minimum Gasteiger partial charge on any atom is -0.493 e. The Hall–Kier alpha value is -3.00. The van der Waals surface area contributed by atoms with E-state index in [4.69, 9.17) is 9.47 Å². The molecule has 0 radical (unpaired) electrons. The first-order chi connectivity index (χ1) is 14.4. The molecule has 0 heterocycles. The van der Waals surface area contributed by atoms with Crippen molar-refractivity contribution in [2.75, 3.05) is 12.5 Å². The highest BCUT2D eigenvalue weighted by Gasteiger charge is 2.30. The zero-order valence-electron chi connectivity index (χ0n) is 15.9. The Kier molecular flexibility index (Phi) is 6.99. The monoisotopic (exact) mass is 478 g/mol. The van der Waals surface area contributed by atoms with Gasteiger partial charge in [-0.3, -0.25) is 5.43 Å². The Morgan fingerprint density at radius 3 is 2.50 bits per heavy atom. The molecule has 0 aromatic heterocycles. The second kappa shape index (κ2) is 9.67. The minimum absolute atomic E-state index is 0.231. The fourth-order valence-corrected chi connectivity index (χ4v) is 3.20. The Labute approximate surface area is 180 Å². The molecule has 3 rings (SSSR count). The zero-order valence-corrected chi connectivity index (χ0v) is 17.5. The molecule has 3 aromatic rings. The van der Waals surface area contributed by atoms with Gasteiger partial charge in [0.15, 0.2) is 11.5 Å². The molecule has 0 saturated heterocycles. The number of hydrogen-bond donors (Lipinski definition) is 1. The summed E-state index contributed by atoms with van der Waals surface area (Å²) < 4.78 is 50.3. The van der Waals surface area contributed by atoms with Crippen LogP contribution in [0.2, 0.25) is 0 Å². The van der Waals surface area contributed by atoms with Crippen molar-refractivity contribution in [1.82, 2.24) is 0 Å². The van der Waals surface area contributed by atoms with E-state index in [-0.39, 0.29) is 5.69 Å². The lowest BCUT2D eigenvalue weighted by molar-refractivity contribution is -0.137. The molecule has 0 atom stereocenters. The summed E-state index contributed by atoms with van der Waals surface area (Å²) >= 11 is 3.47. The normalized spacial score (nSPS) is 11.5. The van der Waals surface area contributed by atoms with Crippen LogP contribution in [0.4, 0.5) is 18.9 Å². The van der Waals surface area contributed by atoms with Gasteiger partial charge in [0.1, 0.15) is 6.61 Å². The van der Waals surface area contributed by atoms with Gasteiger partial charge >= 0.3 is 6.18 Å². The van der Waals surface area contributed by atoms with Crippen LogP contribution in [0.5, 0.6) is 11.5 Å². The Balaban J connectivity index is 1.71. The first-order valence-corrected chi connectivity index (χ1v) is 9.66. The SMILES string of the molecule is COc1cc(/C=N/Nc2cccc(C(F)(F)F)c2)cc(Br)c1OCc1ccccc1. The number of benzene rings is 3. The number of ether oxygens (including phenoxy) is 2. The van der Waals surface area contributed by atoms with Crippen molar-refractivity contribution in [2.24, 2.45) is 5.10 Å². The van der Waals surface area contributed by atoms with Gasteiger partial charge in [0.2, 0.25) is 0 Å². The number of hydrogen-bond acceptors (Lipinski definition) is 4. The molecule has 3 aromatic carbocycles. The fraction of sp³-hybridized carbons (Fsp3) is 0.136.